The molecule has 0 spiro atoms. The van der Waals surface area contributed by atoms with Crippen LogP contribution in [-0.2, 0) is 25.7 Å². The lowest BCUT2D eigenvalue weighted by Gasteiger charge is -2.35. The van der Waals surface area contributed by atoms with E-state index in [0.717, 1.165) is 27.5 Å². The number of aryl methyl sites for hydroxylation is 2. The highest BCUT2D eigenvalue weighted by Crippen LogP contribution is 2.31. The molecule has 382 valence electrons. The van der Waals surface area contributed by atoms with Crippen LogP contribution < -0.4 is 21.5 Å². The van der Waals surface area contributed by atoms with Crippen LogP contribution in [-0.4, -0.2) is 150 Å². The molecule has 1 aromatic heterocycles. The van der Waals surface area contributed by atoms with Crippen LogP contribution in [0.15, 0.2) is 77.6 Å². The number of carboxylic acids is 1. The van der Waals surface area contributed by atoms with Gasteiger partial charge in [0.05, 0.1) is 36.2 Å². The fraction of sp³-hybridized carbons (Fsp3) is 0.490. The van der Waals surface area contributed by atoms with Gasteiger partial charge in [0.15, 0.2) is 0 Å². The summed E-state index contributed by atoms with van der Waals surface area (Å²) in [5.74, 6) is -2.95. The molecule has 70 heavy (non-hydrogen) atoms. The van der Waals surface area contributed by atoms with E-state index in [1.807, 2.05) is 82.3 Å². The number of carboxylic acid groups (broad SMARTS) is 1. The van der Waals surface area contributed by atoms with E-state index in [2.05, 4.69) is 16.0 Å². The first-order chi connectivity index (χ1) is 33.3. The molecule has 0 aliphatic carbocycles. The van der Waals surface area contributed by atoms with Crippen molar-refractivity contribution in [2.45, 2.75) is 96.9 Å². The summed E-state index contributed by atoms with van der Waals surface area (Å²) in [6.45, 7) is 8.60. The van der Waals surface area contributed by atoms with Crippen molar-refractivity contribution in [3.8, 4) is 0 Å². The van der Waals surface area contributed by atoms with Gasteiger partial charge in [-0.05, 0) is 68.0 Å². The van der Waals surface area contributed by atoms with E-state index in [0.29, 0.717) is 34.5 Å². The summed E-state index contributed by atoms with van der Waals surface area (Å²) < 4.78 is 7.00. The average molecular weight is 1010 g/mol. The summed E-state index contributed by atoms with van der Waals surface area (Å²) in [5, 5.41) is 65.6. The van der Waals surface area contributed by atoms with E-state index in [4.69, 9.17) is 14.8 Å². The highest BCUT2D eigenvalue weighted by Gasteiger charge is 2.34. The van der Waals surface area contributed by atoms with Gasteiger partial charge in [0.2, 0.25) is 11.8 Å². The van der Waals surface area contributed by atoms with E-state index < -0.39 is 79.4 Å². The molecule has 0 saturated carbocycles. The zero-order valence-corrected chi connectivity index (χ0v) is 41.7. The standard InChI is InChI=1S/C49H66N6O13S2/c1-29(2)41(44-52-36-24-31(4)14-18-35(36)47(64)55(44)26-33-10-7-6-8-11-33)54(46(63)34-16-12-30(3)13-17-34)21-9-20-50-49(67)68-22-23-69-70-28-37(48(65)66)53-45(62)32(5)15-19-40(59)51-25-38(57)42(60)43(61)39(58)27-56/h6-8,10-14,16-18,24,29,32,37-39,41-43,56-58,60-61H,9,15,19-23,25-28H2,1-5H3,(H,50,67)(H,51,59)(H,53,62)(H,65,66)/t32-,37-,38-,39+,41?,42+,43+/m0/s1. The number of aliphatic carboxylic acids is 1. The Kier molecular flexibility index (Phi) is 23.1. The number of alkyl carbamates (subject to hydrolysis) is 1. The molecular formula is C49H66N6O13S2. The van der Waals surface area contributed by atoms with Gasteiger partial charge in [-0.2, -0.15) is 0 Å². The third-order valence-corrected chi connectivity index (χ3v) is 13.8. The molecule has 0 aliphatic heterocycles. The van der Waals surface area contributed by atoms with E-state index in [1.54, 1.807) is 27.7 Å². The fourth-order valence-corrected chi connectivity index (χ4v) is 9.29. The number of aliphatic hydroxyl groups excluding tert-OH is 5. The number of hydrogen-bond donors (Lipinski definition) is 9. The lowest BCUT2D eigenvalue weighted by Crippen LogP contribution is -2.49. The Balaban J connectivity index is 1.28. The summed E-state index contributed by atoms with van der Waals surface area (Å²) in [7, 11) is 2.39. The third-order valence-electron chi connectivity index (χ3n) is 11.4. The largest absolute Gasteiger partial charge is 0.480 e. The molecule has 0 radical (unpaired) electrons. The second kappa shape index (κ2) is 28.3. The topological polar surface area (TPSA) is 290 Å². The Labute approximate surface area is 414 Å². The number of fused-ring (bicyclic) bond motifs is 1. The Morgan fingerprint density at radius 3 is 2.19 bits per heavy atom. The van der Waals surface area contributed by atoms with Crippen molar-refractivity contribution in [3.05, 3.63) is 111 Å². The van der Waals surface area contributed by atoms with E-state index in [-0.39, 0.29) is 62.2 Å². The average Bonchev–Trinajstić information content (AvgIpc) is 3.34. The zero-order chi connectivity index (χ0) is 51.5. The van der Waals surface area contributed by atoms with Crippen molar-refractivity contribution in [3.63, 3.8) is 0 Å². The van der Waals surface area contributed by atoms with E-state index in [1.165, 1.54) is 17.7 Å². The van der Waals surface area contributed by atoms with Crippen LogP contribution in [0.4, 0.5) is 4.79 Å². The first-order valence-corrected chi connectivity index (χ1v) is 25.5. The molecule has 1 heterocycles. The summed E-state index contributed by atoms with van der Waals surface area (Å²) in [6.07, 6.45) is -7.55. The second-order valence-electron chi connectivity index (χ2n) is 17.4. The molecule has 4 amide bonds. The summed E-state index contributed by atoms with van der Waals surface area (Å²) in [5.41, 5.74) is 3.61. The van der Waals surface area contributed by atoms with Crippen molar-refractivity contribution in [1.82, 2.24) is 30.4 Å². The Morgan fingerprint density at radius 1 is 0.857 bits per heavy atom. The fourth-order valence-electron chi connectivity index (χ4n) is 7.31. The SMILES string of the molecule is Cc1ccc(C(=O)N(CCCNC(=O)OCCSSC[C@H](NC(=O)[C@@H](C)CCC(=O)NC[C@H](O)[C@@H](O)[C@H](O)[C@H](O)CO)C(=O)O)C(c2nc3cc(C)ccc3c(=O)n2Cc2ccccc2)C(C)C)cc1. The Morgan fingerprint density at radius 2 is 1.53 bits per heavy atom. The molecular weight excluding hydrogens is 945 g/mol. The molecule has 19 nitrogen and oxygen atoms in total. The summed E-state index contributed by atoms with van der Waals surface area (Å²) in [6, 6.07) is 20.5. The van der Waals surface area contributed by atoms with E-state index in [9.17, 15) is 54.3 Å². The number of hydrogen-bond acceptors (Lipinski definition) is 15. The van der Waals surface area contributed by atoms with Crippen LogP contribution in [0, 0.1) is 25.7 Å². The van der Waals surface area contributed by atoms with Crippen LogP contribution in [0.2, 0.25) is 0 Å². The number of ether oxygens (including phenoxy) is 1. The van der Waals surface area contributed by atoms with Crippen LogP contribution in [0.1, 0.15) is 78.9 Å². The van der Waals surface area contributed by atoms with Gasteiger partial charge < -0.3 is 56.2 Å². The monoisotopic (exact) mass is 1010 g/mol. The molecule has 0 aliphatic rings. The minimum Gasteiger partial charge on any atom is -0.480 e. The van der Waals surface area contributed by atoms with Crippen molar-refractivity contribution in [2.75, 3.05) is 44.4 Å². The maximum absolute atomic E-state index is 14.5. The number of aliphatic hydroxyl groups is 5. The number of nitrogens with zero attached hydrogens (tertiary/aromatic N) is 3. The number of benzene rings is 3. The van der Waals surface area contributed by atoms with Gasteiger partial charge in [0.1, 0.15) is 36.8 Å². The lowest BCUT2D eigenvalue weighted by atomic mass is 9.98. The van der Waals surface area contributed by atoms with Gasteiger partial charge in [-0.3, -0.25) is 23.7 Å². The van der Waals surface area contributed by atoms with Gasteiger partial charge in [-0.1, -0.05) is 96.5 Å². The van der Waals surface area contributed by atoms with Crippen LogP contribution in [0.25, 0.3) is 10.9 Å². The van der Waals surface area contributed by atoms with Gasteiger partial charge in [0, 0.05) is 49.0 Å². The van der Waals surface area contributed by atoms with Crippen molar-refractivity contribution >= 4 is 62.3 Å². The third kappa shape index (κ3) is 17.1. The van der Waals surface area contributed by atoms with E-state index >= 15 is 0 Å². The second-order valence-corrected chi connectivity index (χ2v) is 20.0. The van der Waals surface area contributed by atoms with Crippen LogP contribution in [0.5, 0.6) is 0 Å². The Bertz CT molecular complexity index is 2410. The minimum atomic E-state index is -1.85. The minimum absolute atomic E-state index is 0.00656. The predicted molar refractivity (Wildman–Crippen MR) is 267 cm³/mol. The van der Waals surface area contributed by atoms with Gasteiger partial charge in [-0.25, -0.2) is 14.6 Å². The lowest BCUT2D eigenvalue weighted by molar-refractivity contribution is -0.141. The van der Waals surface area contributed by atoms with Crippen LogP contribution >= 0.6 is 21.6 Å². The highest BCUT2D eigenvalue weighted by atomic mass is 33.1. The maximum atomic E-state index is 14.5. The quantitative estimate of drug-likeness (QED) is 0.0292. The Hall–Kier alpha value is -5.55. The van der Waals surface area contributed by atoms with Crippen LogP contribution in [0.3, 0.4) is 0 Å². The van der Waals surface area contributed by atoms with Gasteiger partial charge in [-0.15, -0.1) is 0 Å². The first kappa shape index (κ1) is 57.0. The predicted octanol–water partition coefficient (Wildman–Crippen LogP) is 2.94. The molecule has 1 unspecified atom stereocenters. The molecule has 9 N–H and O–H groups in total. The molecule has 4 aromatic rings. The number of amides is 4. The zero-order valence-electron chi connectivity index (χ0n) is 40.0. The molecule has 0 fully saturated rings. The molecule has 21 heteroatoms. The number of aromatic nitrogens is 2. The highest BCUT2D eigenvalue weighted by molar-refractivity contribution is 8.76. The van der Waals surface area contributed by atoms with Crippen molar-refractivity contribution in [1.29, 1.82) is 0 Å². The molecule has 7 atom stereocenters. The first-order valence-electron chi connectivity index (χ1n) is 23.0. The number of carbonyl (C=O) groups excluding carboxylic acids is 4. The molecule has 3 aromatic carbocycles. The number of carbonyl (C=O) groups is 5. The van der Waals surface area contributed by atoms with Crippen molar-refractivity contribution in [2.24, 2.45) is 11.8 Å². The molecule has 0 bridgehead atoms. The number of nitrogens with one attached hydrogen (secondary N) is 3. The van der Waals surface area contributed by atoms with Gasteiger partial charge in [0.25, 0.3) is 11.5 Å². The summed E-state index contributed by atoms with van der Waals surface area (Å²) >= 11 is 0. The molecule has 4 rings (SSSR count). The smallest absolute Gasteiger partial charge is 0.407 e. The normalized spacial score (nSPS) is 14.4. The number of rotatable bonds is 28. The molecule has 0 saturated heterocycles. The van der Waals surface area contributed by atoms with Crippen molar-refractivity contribution < 1.29 is 59.3 Å². The maximum Gasteiger partial charge on any atom is 0.407 e. The van der Waals surface area contributed by atoms with Gasteiger partial charge >= 0.3 is 12.1 Å². The summed E-state index contributed by atoms with van der Waals surface area (Å²) in [4.78, 5) is 85.3.